The molecule has 1 fully saturated rings. The van der Waals surface area contributed by atoms with E-state index in [0.717, 1.165) is 5.56 Å². The summed E-state index contributed by atoms with van der Waals surface area (Å²) in [5.41, 5.74) is 0.755. The van der Waals surface area contributed by atoms with E-state index in [2.05, 4.69) is 5.32 Å². The van der Waals surface area contributed by atoms with Crippen LogP contribution in [0.1, 0.15) is 51.1 Å². The molecule has 1 aromatic carbocycles. The van der Waals surface area contributed by atoms with E-state index < -0.39 is 34.7 Å². The summed E-state index contributed by atoms with van der Waals surface area (Å²) in [4.78, 5) is 11.5. The van der Waals surface area contributed by atoms with Crippen LogP contribution in [0.25, 0.3) is 0 Å². The number of hydrogen-bond donors (Lipinski definition) is 1. The number of benzene rings is 1. The highest BCUT2D eigenvalue weighted by Gasteiger charge is 2.43. The van der Waals surface area contributed by atoms with Gasteiger partial charge in [-0.3, -0.25) is 0 Å². The van der Waals surface area contributed by atoms with Gasteiger partial charge in [-0.1, -0.05) is 39.0 Å². The quantitative estimate of drug-likeness (QED) is 0.632. The number of fused-ring (bicyclic) bond motifs is 1. The number of para-hydroxylation sites is 1. The van der Waals surface area contributed by atoms with Crippen molar-refractivity contribution in [2.45, 2.75) is 52.0 Å². The fourth-order valence-electron chi connectivity index (χ4n) is 3.43. The number of nitrogens with zero attached hydrogens (tertiary/aromatic N) is 1. The molecule has 0 spiro atoms. The zero-order valence-electron chi connectivity index (χ0n) is 17.8. The highest BCUT2D eigenvalue weighted by molar-refractivity contribution is 8.12. The van der Waals surface area contributed by atoms with Crippen molar-refractivity contribution >= 4 is 35.5 Å². The predicted octanol–water partition coefficient (Wildman–Crippen LogP) is 2.61. The fourth-order valence-corrected chi connectivity index (χ4v) is 8.84. The lowest BCUT2D eigenvalue weighted by atomic mass is 9.97. The number of ether oxygens (including phenoxy) is 1. The maximum Gasteiger partial charge on any atom is 0.275 e. The lowest BCUT2D eigenvalue weighted by Gasteiger charge is -2.41. The van der Waals surface area contributed by atoms with Crippen molar-refractivity contribution in [1.82, 2.24) is 9.39 Å². The maximum absolute atomic E-state index is 13.7. The standard InChI is InChI=1S/C19H29N2O6PS2/c1-6-21(28(29)25-11-18(2,3)12-26-28)30(24)16(20-17(22)23)14-9-7-8-13-10-19(4,5)27-15(13)14/h7-9,16,20H,6,10-12H2,1-5H3,(H,22,23)/p-1. The molecule has 0 saturated carbocycles. The average Bonchev–Trinajstić information content (AvgIpc) is 2.97. The van der Waals surface area contributed by atoms with Crippen LogP contribution < -0.4 is 15.2 Å². The number of carbonyl (C=O) groups is 1. The van der Waals surface area contributed by atoms with Crippen LogP contribution in [-0.4, -0.2) is 39.7 Å². The molecule has 30 heavy (non-hydrogen) atoms. The maximum atomic E-state index is 13.7. The molecule has 1 aromatic rings. The smallest absolute Gasteiger partial charge is 0.275 e. The van der Waals surface area contributed by atoms with E-state index in [-0.39, 0.29) is 12.0 Å². The summed E-state index contributed by atoms with van der Waals surface area (Å²) >= 11 is 5.65. The SMILES string of the molecule is CCN(S(=O)C(NC(=O)[O-])c1cccc2c1OC(C)(C)C2)P1(=S)OCC(C)(C)CO1. The molecule has 3 rings (SSSR count). The van der Waals surface area contributed by atoms with Crippen molar-refractivity contribution in [3.63, 3.8) is 0 Å². The molecule has 1 saturated heterocycles. The normalized spacial score (nSPS) is 23.3. The fraction of sp³-hybridized carbons (Fsp3) is 0.632. The summed E-state index contributed by atoms with van der Waals surface area (Å²) in [6.07, 6.45) is -0.875. The lowest BCUT2D eigenvalue weighted by molar-refractivity contribution is -0.251. The minimum absolute atomic E-state index is 0.203. The third kappa shape index (κ3) is 4.89. The number of rotatable bonds is 6. The first-order valence-corrected chi connectivity index (χ1v) is 13.5. The third-order valence-electron chi connectivity index (χ3n) is 4.84. The molecule has 2 aliphatic rings. The summed E-state index contributed by atoms with van der Waals surface area (Å²) in [5, 5.41) is 12.6. The predicted molar refractivity (Wildman–Crippen MR) is 117 cm³/mol. The minimum Gasteiger partial charge on any atom is -0.530 e. The van der Waals surface area contributed by atoms with Crippen LogP contribution in [0.5, 0.6) is 5.75 Å². The molecule has 2 heterocycles. The lowest BCUT2D eigenvalue weighted by Crippen LogP contribution is -2.44. The van der Waals surface area contributed by atoms with Crippen LogP contribution in [0.2, 0.25) is 0 Å². The van der Waals surface area contributed by atoms with Gasteiger partial charge < -0.3 is 29.0 Å². The number of carbonyl (C=O) groups excluding carboxylic acids is 1. The van der Waals surface area contributed by atoms with Gasteiger partial charge in [-0.15, -0.1) is 4.08 Å². The van der Waals surface area contributed by atoms with Crippen LogP contribution in [0.4, 0.5) is 4.79 Å². The third-order valence-corrected chi connectivity index (χ3v) is 10.7. The van der Waals surface area contributed by atoms with E-state index in [0.29, 0.717) is 30.9 Å². The monoisotopic (exact) mass is 475 g/mol. The first-order valence-electron chi connectivity index (χ1n) is 9.74. The Morgan fingerprint density at radius 1 is 1.33 bits per heavy atom. The first kappa shape index (κ1) is 23.6. The molecule has 0 bridgehead atoms. The van der Waals surface area contributed by atoms with E-state index >= 15 is 0 Å². The van der Waals surface area contributed by atoms with Gasteiger partial charge in [-0.25, -0.2) is 4.21 Å². The zero-order valence-corrected chi connectivity index (χ0v) is 20.3. The Morgan fingerprint density at radius 3 is 2.53 bits per heavy atom. The highest BCUT2D eigenvalue weighted by Crippen LogP contribution is 2.58. The van der Waals surface area contributed by atoms with E-state index in [1.807, 2.05) is 33.8 Å². The van der Waals surface area contributed by atoms with Crippen LogP contribution in [0.3, 0.4) is 0 Å². The van der Waals surface area contributed by atoms with Crippen molar-refractivity contribution in [1.29, 1.82) is 0 Å². The molecule has 11 heteroatoms. The van der Waals surface area contributed by atoms with Gasteiger partial charge in [0.05, 0.1) is 13.2 Å². The van der Waals surface area contributed by atoms with Gasteiger partial charge in [-0.2, -0.15) is 0 Å². The Hall–Kier alpha value is -1.03. The molecule has 8 nitrogen and oxygen atoms in total. The first-order chi connectivity index (χ1) is 13.9. The molecule has 0 radical (unpaired) electrons. The molecule has 1 N–H and O–H groups in total. The second kappa shape index (κ2) is 8.48. The second-order valence-electron chi connectivity index (χ2n) is 8.81. The number of carboxylic acid groups (broad SMARTS) is 1. The zero-order chi connectivity index (χ0) is 22.3. The minimum atomic E-state index is -3.05. The van der Waals surface area contributed by atoms with Gasteiger partial charge in [0.1, 0.15) is 33.8 Å². The molecule has 0 aromatic heterocycles. The molecule has 0 aliphatic carbocycles. The highest BCUT2D eigenvalue weighted by atomic mass is 32.5. The summed E-state index contributed by atoms with van der Waals surface area (Å²) in [6, 6.07) is 5.42. The molecule has 168 valence electrons. The number of nitrogens with one attached hydrogen (secondary N) is 1. The number of hydrogen-bond acceptors (Lipinski definition) is 7. The van der Waals surface area contributed by atoms with E-state index in [4.69, 9.17) is 25.6 Å². The molecule has 2 atom stereocenters. The van der Waals surface area contributed by atoms with Gasteiger partial charge in [0.15, 0.2) is 0 Å². The van der Waals surface area contributed by atoms with Gasteiger partial charge in [0.25, 0.3) is 6.64 Å². The van der Waals surface area contributed by atoms with Gasteiger partial charge in [0.2, 0.25) is 0 Å². The largest absolute Gasteiger partial charge is 0.530 e. The van der Waals surface area contributed by atoms with E-state index in [1.54, 1.807) is 19.1 Å². The summed E-state index contributed by atoms with van der Waals surface area (Å²) < 4.78 is 32.9. The Kier molecular flexibility index (Phi) is 6.68. The van der Waals surface area contributed by atoms with Crippen LogP contribution in [0.15, 0.2) is 18.2 Å². The van der Waals surface area contributed by atoms with Crippen molar-refractivity contribution in [2.24, 2.45) is 5.41 Å². The molecule has 2 aliphatic heterocycles. The molecule has 2 unspecified atom stereocenters. The van der Waals surface area contributed by atoms with Gasteiger partial charge in [-0.05, 0) is 31.2 Å². The second-order valence-corrected chi connectivity index (χ2v) is 13.9. The van der Waals surface area contributed by atoms with E-state index in [1.165, 1.54) is 4.08 Å². The Balaban J connectivity index is 1.97. The van der Waals surface area contributed by atoms with Crippen LogP contribution in [-0.2, 0) is 38.3 Å². The van der Waals surface area contributed by atoms with Crippen molar-refractivity contribution < 1.29 is 27.9 Å². The Labute approximate surface area is 185 Å². The molecule has 1 amide bonds. The topological polar surface area (TPSA) is 100 Å². The van der Waals surface area contributed by atoms with Crippen molar-refractivity contribution in [3.05, 3.63) is 29.3 Å². The summed E-state index contributed by atoms with van der Waals surface area (Å²) in [5.74, 6) is 0.536. The summed E-state index contributed by atoms with van der Waals surface area (Å²) in [6.45, 7) is 7.61. The van der Waals surface area contributed by atoms with Gasteiger partial charge >= 0.3 is 0 Å². The Bertz CT molecular complexity index is 893. The number of amides is 1. The van der Waals surface area contributed by atoms with E-state index in [9.17, 15) is 14.1 Å². The van der Waals surface area contributed by atoms with Crippen molar-refractivity contribution in [3.8, 4) is 5.75 Å². The van der Waals surface area contributed by atoms with Crippen LogP contribution in [0, 0.1) is 5.41 Å². The van der Waals surface area contributed by atoms with Crippen molar-refractivity contribution in [2.75, 3.05) is 19.8 Å². The Morgan fingerprint density at radius 2 is 1.97 bits per heavy atom. The summed E-state index contributed by atoms with van der Waals surface area (Å²) in [7, 11) is -1.93. The average molecular weight is 476 g/mol. The van der Waals surface area contributed by atoms with Crippen LogP contribution >= 0.6 is 6.64 Å². The molecular formula is C19H28N2O6PS2-. The molecular weight excluding hydrogens is 447 g/mol. The van der Waals surface area contributed by atoms with Gasteiger partial charge in [0, 0.05) is 23.9 Å².